The number of benzene rings is 2. The fraction of sp³-hybridized carbons (Fsp3) is 0.391. The van der Waals surface area contributed by atoms with Gasteiger partial charge >= 0.3 is 0 Å². The highest BCUT2D eigenvalue weighted by Gasteiger charge is 2.17. The maximum Gasteiger partial charge on any atom is 0.230 e. The highest BCUT2D eigenvalue weighted by atomic mass is 32.2. The summed E-state index contributed by atoms with van der Waals surface area (Å²) in [6, 6.07) is 14.1. The molecule has 0 saturated heterocycles. The van der Waals surface area contributed by atoms with Crippen molar-refractivity contribution in [2.75, 3.05) is 12.4 Å². The lowest BCUT2D eigenvalue weighted by Crippen LogP contribution is -2.28. The van der Waals surface area contributed by atoms with Crippen LogP contribution in [-0.2, 0) is 17.6 Å². The Morgan fingerprint density at radius 1 is 1.19 bits per heavy atom. The van der Waals surface area contributed by atoms with Crippen molar-refractivity contribution in [3.05, 3.63) is 59.2 Å². The van der Waals surface area contributed by atoms with E-state index in [4.69, 9.17) is 4.74 Å². The minimum atomic E-state index is -0.0529. The Morgan fingerprint density at radius 2 is 2.00 bits per heavy atom. The molecular formula is C23H27N5O2S. The zero-order chi connectivity index (χ0) is 21.6. The molecule has 7 nitrogen and oxygen atoms in total. The van der Waals surface area contributed by atoms with Crippen LogP contribution in [0.3, 0.4) is 0 Å². The average molecular weight is 438 g/mol. The van der Waals surface area contributed by atoms with Crippen LogP contribution >= 0.6 is 11.8 Å². The van der Waals surface area contributed by atoms with Gasteiger partial charge in [-0.15, -0.1) is 5.10 Å². The van der Waals surface area contributed by atoms with Gasteiger partial charge in [0.1, 0.15) is 11.4 Å². The Labute approximate surface area is 186 Å². The molecule has 1 atom stereocenters. The third kappa shape index (κ3) is 5.07. The first-order chi connectivity index (χ1) is 15.2. The molecule has 31 heavy (non-hydrogen) atoms. The monoisotopic (exact) mass is 437 g/mol. The first-order valence-electron chi connectivity index (χ1n) is 10.7. The minimum absolute atomic E-state index is 0.0463. The molecule has 1 aliphatic carbocycles. The summed E-state index contributed by atoms with van der Waals surface area (Å²) in [6.45, 7) is 4.50. The van der Waals surface area contributed by atoms with Gasteiger partial charge in [-0.05, 0) is 78.8 Å². The van der Waals surface area contributed by atoms with Crippen LogP contribution in [0.1, 0.15) is 49.4 Å². The molecule has 1 heterocycles. The lowest BCUT2D eigenvalue weighted by Gasteiger charge is -2.20. The zero-order valence-corrected chi connectivity index (χ0v) is 18.7. The van der Waals surface area contributed by atoms with E-state index < -0.39 is 0 Å². The number of para-hydroxylation sites is 2. The molecule has 0 fully saturated rings. The summed E-state index contributed by atoms with van der Waals surface area (Å²) in [5, 5.41) is 15.6. The van der Waals surface area contributed by atoms with Gasteiger partial charge in [0, 0.05) is 0 Å². The van der Waals surface area contributed by atoms with Crippen LogP contribution in [0.5, 0.6) is 5.75 Å². The lowest BCUT2D eigenvalue weighted by molar-refractivity contribution is -0.119. The molecule has 0 saturated carbocycles. The van der Waals surface area contributed by atoms with Gasteiger partial charge < -0.3 is 10.1 Å². The van der Waals surface area contributed by atoms with E-state index in [9.17, 15) is 4.79 Å². The zero-order valence-electron chi connectivity index (χ0n) is 17.9. The van der Waals surface area contributed by atoms with Gasteiger partial charge in [0.15, 0.2) is 0 Å². The van der Waals surface area contributed by atoms with E-state index in [-0.39, 0.29) is 17.7 Å². The summed E-state index contributed by atoms with van der Waals surface area (Å²) in [7, 11) is 0. The first-order valence-corrected chi connectivity index (χ1v) is 11.7. The van der Waals surface area contributed by atoms with Crippen molar-refractivity contribution in [2.45, 2.75) is 50.7 Å². The molecule has 0 bridgehead atoms. The van der Waals surface area contributed by atoms with Gasteiger partial charge in [-0.25, -0.2) is 0 Å². The summed E-state index contributed by atoms with van der Waals surface area (Å²) < 4.78 is 7.28. The van der Waals surface area contributed by atoms with Crippen LogP contribution in [0, 0.1) is 0 Å². The van der Waals surface area contributed by atoms with Crippen molar-refractivity contribution in [1.82, 2.24) is 25.5 Å². The topological polar surface area (TPSA) is 81.9 Å². The van der Waals surface area contributed by atoms with Crippen LogP contribution in [0.15, 0.2) is 47.6 Å². The van der Waals surface area contributed by atoms with Crippen molar-refractivity contribution in [1.29, 1.82) is 0 Å². The van der Waals surface area contributed by atoms with Crippen LogP contribution < -0.4 is 10.1 Å². The molecule has 162 valence electrons. The molecule has 8 heteroatoms. The molecule has 1 aromatic heterocycles. The normalized spacial score (nSPS) is 14.0. The number of fused-ring (bicyclic) bond motifs is 1. The van der Waals surface area contributed by atoms with Crippen molar-refractivity contribution in [2.24, 2.45) is 0 Å². The number of nitrogens with zero attached hydrogens (tertiary/aromatic N) is 4. The maximum atomic E-state index is 12.6. The van der Waals surface area contributed by atoms with Crippen molar-refractivity contribution in [3.8, 4) is 11.4 Å². The average Bonchev–Trinajstić information content (AvgIpc) is 3.26. The van der Waals surface area contributed by atoms with Gasteiger partial charge in [0.2, 0.25) is 11.1 Å². The second-order valence-corrected chi connectivity index (χ2v) is 8.53. The Balaban J connectivity index is 1.38. The van der Waals surface area contributed by atoms with E-state index in [1.54, 1.807) is 4.68 Å². The van der Waals surface area contributed by atoms with Gasteiger partial charge in [0.25, 0.3) is 0 Å². The molecule has 1 amide bonds. The number of amides is 1. The predicted octanol–water partition coefficient (Wildman–Crippen LogP) is 3.91. The third-order valence-electron chi connectivity index (χ3n) is 5.42. The van der Waals surface area contributed by atoms with E-state index in [1.807, 2.05) is 38.1 Å². The highest BCUT2D eigenvalue weighted by Crippen LogP contribution is 2.27. The number of aromatic nitrogens is 4. The summed E-state index contributed by atoms with van der Waals surface area (Å²) in [6.07, 6.45) is 4.80. The van der Waals surface area contributed by atoms with E-state index in [1.165, 1.54) is 35.7 Å². The summed E-state index contributed by atoms with van der Waals surface area (Å²) >= 11 is 1.30. The van der Waals surface area contributed by atoms with Crippen molar-refractivity contribution in [3.63, 3.8) is 0 Å². The van der Waals surface area contributed by atoms with Crippen LogP contribution in [0.2, 0.25) is 0 Å². The number of tetrazole rings is 1. The molecule has 0 aliphatic heterocycles. The van der Waals surface area contributed by atoms with E-state index in [0.29, 0.717) is 17.5 Å². The summed E-state index contributed by atoms with van der Waals surface area (Å²) in [4.78, 5) is 12.6. The fourth-order valence-electron chi connectivity index (χ4n) is 3.85. The molecule has 0 unspecified atom stereocenters. The molecule has 2 aromatic carbocycles. The molecular weight excluding hydrogens is 410 g/mol. The first kappa shape index (κ1) is 21.4. The molecule has 1 N–H and O–H groups in total. The van der Waals surface area contributed by atoms with Gasteiger partial charge in [0.05, 0.1) is 18.4 Å². The number of nitrogens with one attached hydrogen (secondary N) is 1. The molecule has 1 aliphatic rings. The van der Waals surface area contributed by atoms with Gasteiger partial charge in [-0.3, -0.25) is 4.79 Å². The fourth-order valence-corrected chi connectivity index (χ4v) is 4.54. The largest absolute Gasteiger partial charge is 0.492 e. The number of thioether (sulfide) groups is 1. The van der Waals surface area contributed by atoms with Crippen LogP contribution in [-0.4, -0.2) is 38.5 Å². The summed E-state index contributed by atoms with van der Waals surface area (Å²) in [5.74, 6) is 0.874. The predicted molar refractivity (Wildman–Crippen MR) is 121 cm³/mol. The lowest BCUT2D eigenvalue weighted by atomic mass is 9.89. The highest BCUT2D eigenvalue weighted by molar-refractivity contribution is 7.99. The Bertz CT molecular complexity index is 1050. The Morgan fingerprint density at radius 3 is 2.84 bits per heavy atom. The SMILES string of the molecule is CCOc1ccccc1-n1nnnc1SCC(=O)N[C@H](C)c1ccc2c(c1)CCCC2. The number of carbonyl (C=O) groups excluding carboxylic acids is 1. The second kappa shape index (κ2) is 9.96. The van der Waals surface area contributed by atoms with E-state index >= 15 is 0 Å². The van der Waals surface area contributed by atoms with E-state index in [0.717, 1.165) is 24.1 Å². The maximum absolute atomic E-state index is 12.6. The smallest absolute Gasteiger partial charge is 0.230 e. The number of aryl methyl sites for hydroxylation is 2. The number of carbonyl (C=O) groups is 1. The number of hydrogen-bond acceptors (Lipinski definition) is 6. The Hall–Kier alpha value is -2.87. The number of hydrogen-bond donors (Lipinski definition) is 1. The second-order valence-electron chi connectivity index (χ2n) is 7.59. The third-order valence-corrected chi connectivity index (χ3v) is 6.34. The molecule has 4 rings (SSSR count). The quantitative estimate of drug-likeness (QED) is 0.538. The summed E-state index contributed by atoms with van der Waals surface area (Å²) in [5.41, 5.74) is 4.77. The standard InChI is InChI=1S/C23H27N5O2S/c1-3-30-21-11-7-6-10-20(21)28-23(25-26-27-28)31-15-22(29)24-16(2)18-13-12-17-8-4-5-9-19(17)14-18/h6-7,10-14,16H,3-5,8-9,15H2,1-2H3,(H,24,29)/t16-/m1/s1. The molecule has 0 spiro atoms. The number of ether oxygens (including phenoxy) is 1. The number of rotatable bonds is 8. The van der Waals surface area contributed by atoms with Crippen molar-refractivity contribution >= 4 is 17.7 Å². The van der Waals surface area contributed by atoms with Crippen molar-refractivity contribution < 1.29 is 9.53 Å². The van der Waals surface area contributed by atoms with E-state index in [2.05, 4.69) is 39.0 Å². The van der Waals surface area contributed by atoms with Gasteiger partial charge in [-0.1, -0.05) is 42.1 Å². The molecule has 3 aromatic rings. The van der Waals surface area contributed by atoms with Crippen LogP contribution in [0.25, 0.3) is 5.69 Å². The molecule has 0 radical (unpaired) electrons. The Kier molecular flexibility index (Phi) is 6.86. The van der Waals surface area contributed by atoms with Crippen LogP contribution in [0.4, 0.5) is 0 Å². The van der Waals surface area contributed by atoms with Gasteiger partial charge in [-0.2, -0.15) is 4.68 Å². The minimum Gasteiger partial charge on any atom is -0.492 e.